The predicted octanol–water partition coefficient (Wildman–Crippen LogP) is 2.31. The van der Waals surface area contributed by atoms with Crippen LogP contribution in [0.2, 0.25) is 0 Å². The third kappa shape index (κ3) is 2.72. The zero-order valence-corrected chi connectivity index (χ0v) is 12.5. The van der Waals surface area contributed by atoms with Crippen molar-refractivity contribution < 1.29 is 9.59 Å². The summed E-state index contributed by atoms with van der Waals surface area (Å²) in [5.41, 5.74) is 2.69. The Kier molecular flexibility index (Phi) is 3.92. The van der Waals surface area contributed by atoms with Crippen LogP contribution in [0.15, 0.2) is 54.6 Å². The van der Waals surface area contributed by atoms with Crippen LogP contribution < -0.4 is 5.32 Å². The van der Waals surface area contributed by atoms with Crippen molar-refractivity contribution in [2.24, 2.45) is 0 Å². The van der Waals surface area contributed by atoms with Gasteiger partial charge in [-0.05, 0) is 30.2 Å². The standard InChI is InChI=1S/C18H18N2O2/c1-13-17(21)19-10-11-20(13)18(22)16-9-5-8-15(12-16)14-6-3-2-4-7-14/h2-9,12-13H,10-11H2,1H3,(H,19,21). The molecule has 2 aromatic rings. The fourth-order valence-electron chi connectivity index (χ4n) is 2.69. The average molecular weight is 294 g/mol. The smallest absolute Gasteiger partial charge is 0.254 e. The number of rotatable bonds is 2. The van der Waals surface area contributed by atoms with Crippen LogP contribution in [-0.2, 0) is 4.79 Å². The molecule has 1 saturated heterocycles. The highest BCUT2D eigenvalue weighted by molar-refractivity contribution is 5.99. The number of hydrogen-bond donors (Lipinski definition) is 1. The summed E-state index contributed by atoms with van der Waals surface area (Å²) in [6.07, 6.45) is 0. The maximum atomic E-state index is 12.7. The number of carbonyl (C=O) groups excluding carboxylic acids is 2. The number of nitrogens with zero attached hydrogens (tertiary/aromatic N) is 1. The molecule has 1 unspecified atom stereocenters. The first-order valence-electron chi connectivity index (χ1n) is 7.41. The largest absolute Gasteiger partial charge is 0.353 e. The minimum atomic E-state index is -0.429. The first-order chi connectivity index (χ1) is 10.7. The van der Waals surface area contributed by atoms with Gasteiger partial charge in [-0.25, -0.2) is 0 Å². The van der Waals surface area contributed by atoms with E-state index in [1.54, 1.807) is 17.9 Å². The Morgan fingerprint density at radius 3 is 2.59 bits per heavy atom. The number of benzene rings is 2. The van der Waals surface area contributed by atoms with Gasteiger partial charge in [0.1, 0.15) is 6.04 Å². The summed E-state index contributed by atoms with van der Waals surface area (Å²) in [5, 5.41) is 2.77. The average Bonchev–Trinajstić information content (AvgIpc) is 2.58. The van der Waals surface area contributed by atoms with Gasteiger partial charge in [0.2, 0.25) is 5.91 Å². The Balaban J connectivity index is 1.89. The van der Waals surface area contributed by atoms with Crippen molar-refractivity contribution in [3.8, 4) is 11.1 Å². The highest BCUT2D eigenvalue weighted by Crippen LogP contribution is 2.21. The molecular formula is C18H18N2O2. The van der Waals surface area contributed by atoms with Gasteiger partial charge in [-0.3, -0.25) is 9.59 Å². The molecule has 2 amide bonds. The van der Waals surface area contributed by atoms with E-state index in [0.717, 1.165) is 11.1 Å². The molecule has 0 aromatic heterocycles. The van der Waals surface area contributed by atoms with E-state index < -0.39 is 6.04 Å². The number of amides is 2. The normalized spacial score (nSPS) is 18.0. The molecule has 1 fully saturated rings. The third-order valence-corrected chi connectivity index (χ3v) is 3.98. The number of carbonyl (C=O) groups is 2. The summed E-state index contributed by atoms with van der Waals surface area (Å²) in [6.45, 7) is 2.81. The summed E-state index contributed by atoms with van der Waals surface area (Å²) >= 11 is 0. The van der Waals surface area contributed by atoms with Gasteiger partial charge in [0, 0.05) is 18.7 Å². The number of hydrogen-bond acceptors (Lipinski definition) is 2. The molecule has 0 saturated carbocycles. The molecule has 1 aliphatic heterocycles. The maximum absolute atomic E-state index is 12.7. The van der Waals surface area contributed by atoms with Crippen LogP contribution in [0.5, 0.6) is 0 Å². The van der Waals surface area contributed by atoms with Crippen molar-refractivity contribution in [1.82, 2.24) is 10.2 Å². The van der Waals surface area contributed by atoms with Crippen molar-refractivity contribution in [2.45, 2.75) is 13.0 Å². The van der Waals surface area contributed by atoms with E-state index in [2.05, 4.69) is 5.32 Å². The topological polar surface area (TPSA) is 49.4 Å². The van der Waals surface area contributed by atoms with Gasteiger partial charge < -0.3 is 10.2 Å². The molecule has 0 aliphatic carbocycles. The molecule has 0 radical (unpaired) electrons. The van der Waals surface area contributed by atoms with Gasteiger partial charge in [0.25, 0.3) is 5.91 Å². The van der Waals surface area contributed by atoms with Crippen LogP contribution >= 0.6 is 0 Å². The molecule has 112 valence electrons. The zero-order chi connectivity index (χ0) is 15.5. The summed E-state index contributed by atoms with van der Waals surface area (Å²) in [6, 6.07) is 17.1. The second-order valence-electron chi connectivity index (χ2n) is 5.41. The van der Waals surface area contributed by atoms with Crippen LogP contribution in [0, 0.1) is 0 Å². The molecule has 1 aliphatic rings. The summed E-state index contributed by atoms with van der Waals surface area (Å²) < 4.78 is 0. The fourth-order valence-corrected chi connectivity index (χ4v) is 2.69. The van der Waals surface area contributed by atoms with Gasteiger partial charge in [0.15, 0.2) is 0 Å². The van der Waals surface area contributed by atoms with Crippen molar-refractivity contribution in [3.63, 3.8) is 0 Å². The molecule has 2 aromatic carbocycles. The Labute approximate surface area is 129 Å². The van der Waals surface area contributed by atoms with Crippen LogP contribution in [0.3, 0.4) is 0 Å². The lowest BCUT2D eigenvalue weighted by atomic mass is 10.0. The van der Waals surface area contributed by atoms with Gasteiger partial charge in [-0.1, -0.05) is 42.5 Å². The quantitative estimate of drug-likeness (QED) is 0.924. The lowest BCUT2D eigenvalue weighted by Crippen LogP contribution is -2.55. The fraction of sp³-hybridized carbons (Fsp3) is 0.222. The molecule has 4 nitrogen and oxygen atoms in total. The van der Waals surface area contributed by atoms with E-state index in [1.165, 1.54) is 0 Å². The first-order valence-corrected chi connectivity index (χ1v) is 7.41. The molecule has 1 atom stereocenters. The van der Waals surface area contributed by atoms with Crippen molar-refractivity contribution >= 4 is 11.8 Å². The van der Waals surface area contributed by atoms with Crippen LogP contribution in [0.4, 0.5) is 0 Å². The highest BCUT2D eigenvalue weighted by Gasteiger charge is 2.29. The maximum Gasteiger partial charge on any atom is 0.254 e. The Morgan fingerprint density at radius 1 is 1.09 bits per heavy atom. The second-order valence-corrected chi connectivity index (χ2v) is 5.41. The van der Waals surface area contributed by atoms with Crippen LogP contribution in [0.25, 0.3) is 11.1 Å². The third-order valence-electron chi connectivity index (χ3n) is 3.98. The van der Waals surface area contributed by atoms with E-state index >= 15 is 0 Å². The molecule has 0 spiro atoms. The van der Waals surface area contributed by atoms with E-state index in [9.17, 15) is 9.59 Å². The van der Waals surface area contributed by atoms with Crippen molar-refractivity contribution in [3.05, 3.63) is 60.2 Å². The van der Waals surface area contributed by atoms with Crippen LogP contribution in [-0.4, -0.2) is 35.8 Å². The van der Waals surface area contributed by atoms with E-state index in [4.69, 9.17) is 0 Å². The van der Waals surface area contributed by atoms with Gasteiger partial charge in [-0.2, -0.15) is 0 Å². The summed E-state index contributed by atoms with van der Waals surface area (Å²) in [7, 11) is 0. The SMILES string of the molecule is CC1C(=O)NCCN1C(=O)c1cccc(-c2ccccc2)c1. The Morgan fingerprint density at radius 2 is 1.82 bits per heavy atom. The number of piperazine rings is 1. The molecule has 1 heterocycles. The Bertz CT molecular complexity index is 697. The van der Waals surface area contributed by atoms with Gasteiger partial charge >= 0.3 is 0 Å². The molecule has 3 rings (SSSR count). The molecule has 22 heavy (non-hydrogen) atoms. The molecule has 4 heteroatoms. The van der Waals surface area contributed by atoms with E-state index in [-0.39, 0.29) is 11.8 Å². The van der Waals surface area contributed by atoms with Gasteiger partial charge in [0.05, 0.1) is 0 Å². The minimum absolute atomic E-state index is 0.0971. The number of nitrogens with one attached hydrogen (secondary N) is 1. The summed E-state index contributed by atoms with van der Waals surface area (Å²) in [4.78, 5) is 26.0. The lowest BCUT2D eigenvalue weighted by Gasteiger charge is -2.32. The monoisotopic (exact) mass is 294 g/mol. The molecule has 1 N–H and O–H groups in total. The molecular weight excluding hydrogens is 276 g/mol. The predicted molar refractivity (Wildman–Crippen MR) is 85.4 cm³/mol. The minimum Gasteiger partial charge on any atom is -0.353 e. The first kappa shape index (κ1) is 14.3. The van der Waals surface area contributed by atoms with E-state index in [0.29, 0.717) is 18.7 Å². The second kappa shape index (κ2) is 6.02. The van der Waals surface area contributed by atoms with Crippen LogP contribution in [0.1, 0.15) is 17.3 Å². The van der Waals surface area contributed by atoms with Crippen molar-refractivity contribution in [2.75, 3.05) is 13.1 Å². The van der Waals surface area contributed by atoms with Gasteiger partial charge in [-0.15, -0.1) is 0 Å². The lowest BCUT2D eigenvalue weighted by molar-refractivity contribution is -0.127. The molecule has 0 bridgehead atoms. The summed E-state index contributed by atoms with van der Waals surface area (Å²) in [5.74, 6) is -0.195. The Hall–Kier alpha value is -2.62. The van der Waals surface area contributed by atoms with Crippen molar-refractivity contribution in [1.29, 1.82) is 0 Å². The zero-order valence-electron chi connectivity index (χ0n) is 12.5. The van der Waals surface area contributed by atoms with E-state index in [1.807, 2.05) is 48.5 Å². The highest BCUT2D eigenvalue weighted by atomic mass is 16.2.